The molecule has 0 spiro atoms. The Labute approximate surface area is 81.6 Å². The molecule has 0 aromatic heterocycles. The summed E-state index contributed by atoms with van der Waals surface area (Å²) in [5.41, 5.74) is 5.70. The topological polar surface area (TPSA) is 38.0 Å². The van der Waals surface area contributed by atoms with E-state index in [1.807, 2.05) is 0 Å². The second-order valence-corrected chi connectivity index (χ2v) is 3.85. The lowest BCUT2D eigenvalue weighted by molar-refractivity contribution is 0.411. The highest BCUT2D eigenvalue weighted by Crippen LogP contribution is 2.24. The SMILES string of the molecule is C/C=C/CCNC1CCCC1CN. The van der Waals surface area contributed by atoms with Gasteiger partial charge in [-0.25, -0.2) is 0 Å². The molecule has 2 atom stereocenters. The van der Waals surface area contributed by atoms with E-state index in [4.69, 9.17) is 5.73 Å². The molecule has 2 nitrogen and oxygen atoms in total. The minimum atomic E-state index is 0.690. The lowest BCUT2D eigenvalue weighted by Gasteiger charge is -2.18. The second-order valence-electron chi connectivity index (χ2n) is 3.85. The molecule has 0 aromatic rings. The van der Waals surface area contributed by atoms with Gasteiger partial charge in [0.05, 0.1) is 0 Å². The van der Waals surface area contributed by atoms with Gasteiger partial charge in [0.15, 0.2) is 0 Å². The molecule has 2 unspecified atom stereocenters. The Hall–Kier alpha value is -0.340. The van der Waals surface area contributed by atoms with E-state index >= 15 is 0 Å². The van der Waals surface area contributed by atoms with Crippen molar-refractivity contribution >= 4 is 0 Å². The lowest BCUT2D eigenvalue weighted by atomic mass is 10.0. The fraction of sp³-hybridized carbons (Fsp3) is 0.818. The van der Waals surface area contributed by atoms with Crippen LogP contribution >= 0.6 is 0 Å². The summed E-state index contributed by atoms with van der Waals surface area (Å²) in [6.45, 7) is 4.02. The number of nitrogens with two attached hydrogens (primary N) is 1. The van der Waals surface area contributed by atoms with Gasteiger partial charge in [0, 0.05) is 6.04 Å². The molecule has 0 aromatic carbocycles. The van der Waals surface area contributed by atoms with Crippen LogP contribution in [0.4, 0.5) is 0 Å². The van der Waals surface area contributed by atoms with Crippen LogP contribution in [-0.4, -0.2) is 19.1 Å². The normalized spacial score (nSPS) is 28.8. The van der Waals surface area contributed by atoms with Crippen LogP contribution in [0.1, 0.15) is 32.6 Å². The molecule has 0 heterocycles. The van der Waals surface area contributed by atoms with Crippen molar-refractivity contribution in [2.45, 2.75) is 38.6 Å². The van der Waals surface area contributed by atoms with Gasteiger partial charge in [0.1, 0.15) is 0 Å². The quantitative estimate of drug-likeness (QED) is 0.501. The first-order chi connectivity index (χ1) is 6.38. The predicted octanol–water partition coefficient (Wildman–Crippen LogP) is 1.67. The van der Waals surface area contributed by atoms with Crippen LogP contribution < -0.4 is 11.1 Å². The zero-order valence-corrected chi connectivity index (χ0v) is 8.63. The summed E-state index contributed by atoms with van der Waals surface area (Å²) in [5, 5.41) is 3.59. The van der Waals surface area contributed by atoms with Crippen molar-refractivity contribution in [1.29, 1.82) is 0 Å². The molecule has 0 bridgehead atoms. The van der Waals surface area contributed by atoms with Crippen LogP contribution in [0.2, 0.25) is 0 Å². The summed E-state index contributed by atoms with van der Waals surface area (Å²) >= 11 is 0. The fourth-order valence-corrected chi connectivity index (χ4v) is 2.11. The van der Waals surface area contributed by atoms with E-state index in [1.54, 1.807) is 0 Å². The first kappa shape index (κ1) is 10.7. The molecule has 1 fully saturated rings. The van der Waals surface area contributed by atoms with Gasteiger partial charge in [-0.05, 0) is 45.2 Å². The Bertz CT molecular complexity index is 154. The van der Waals surface area contributed by atoms with Gasteiger partial charge in [-0.3, -0.25) is 0 Å². The predicted molar refractivity (Wildman–Crippen MR) is 57.6 cm³/mol. The number of rotatable bonds is 5. The van der Waals surface area contributed by atoms with Gasteiger partial charge in [-0.15, -0.1) is 0 Å². The summed E-state index contributed by atoms with van der Waals surface area (Å²) in [7, 11) is 0. The average molecular weight is 182 g/mol. The summed E-state index contributed by atoms with van der Waals surface area (Å²) in [5.74, 6) is 0.727. The smallest absolute Gasteiger partial charge is 0.0107 e. The molecule has 1 aliphatic rings. The number of hydrogen-bond acceptors (Lipinski definition) is 2. The standard InChI is InChI=1S/C11H22N2/c1-2-3-4-8-13-11-7-5-6-10(11)9-12/h2-3,10-11,13H,4-9,12H2,1H3/b3-2+. The molecule has 76 valence electrons. The molecule has 2 heteroatoms. The summed E-state index contributed by atoms with van der Waals surface area (Å²) in [4.78, 5) is 0. The first-order valence-electron chi connectivity index (χ1n) is 5.43. The van der Waals surface area contributed by atoms with Crippen LogP contribution in [0.3, 0.4) is 0 Å². The Morgan fingerprint density at radius 3 is 3.00 bits per heavy atom. The second kappa shape index (κ2) is 6.17. The number of allylic oxidation sites excluding steroid dienone is 1. The molecule has 1 aliphatic carbocycles. The number of nitrogens with one attached hydrogen (secondary N) is 1. The molecule has 13 heavy (non-hydrogen) atoms. The molecule has 1 saturated carbocycles. The lowest BCUT2D eigenvalue weighted by Crippen LogP contribution is -2.36. The van der Waals surface area contributed by atoms with Crippen LogP contribution in [0, 0.1) is 5.92 Å². The van der Waals surface area contributed by atoms with Gasteiger partial charge < -0.3 is 11.1 Å². The van der Waals surface area contributed by atoms with E-state index < -0.39 is 0 Å². The van der Waals surface area contributed by atoms with E-state index in [2.05, 4.69) is 24.4 Å². The van der Waals surface area contributed by atoms with Crippen molar-refractivity contribution in [3.8, 4) is 0 Å². The molecule has 3 N–H and O–H groups in total. The van der Waals surface area contributed by atoms with Crippen LogP contribution in [0.25, 0.3) is 0 Å². The largest absolute Gasteiger partial charge is 0.330 e. The Balaban J connectivity index is 2.12. The van der Waals surface area contributed by atoms with Gasteiger partial charge >= 0.3 is 0 Å². The first-order valence-corrected chi connectivity index (χ1v) is 5.43. The van der Waals surface area contributed by atoms with Crippen molar-refractivity contribution in [3.05, 3.63) is 12.2 Å². The third kappa shape index (κ3) is 3.49. The zero-order chi connectivity index (χ0) is 9.52. The van der Waals surface area contributed by atoms with Crippen molar-refractivity contribution in [3.63, 3.8) is 0 Å². The van der Waals surface area contributed by atoms with E-state index in [-0.39, 0.29) is 0 Å². The average Bonchev–Trinajstić information content (AvgIpc) is 2.60. The Morgan fingerprint density at radius 1 is 1.46 bits per heavy atom. The summed E-state index contributed by atoms with van der Waals surface area (Å²) in [6.07, 6.45) is 9.44. The third-order valence-corrected chi connectivity index (χ3v) is 2.92. The molecule has 1 rings (SSSR count). The molecule has 0 radical (unpaired) electrons. The summed E-state index contributed by atoms with van der Waals surface area (Å²) < 4.78 is 0. The van der Waals surface area contributed by atoms with Crippen molar-refractivity contribution in [2.24, 2.45) is 11.7 Å². The minimum absolute atomic E-state index is 0.690. The molecule has 0 amide bonds. The van der Waals surface area contributed by atoms with E-state index in [0.29, 0.717) is 6.04 Å². The van der Waals surface area contributed by atoms with Crippen molar-refractivity contribution in [2.75, 3.05) is 13.1 Å². The van der Waals surface area contributed by atoms with Gasteiger partial charge in [-0.1, -0.05) is 18.6 Å². The maximum atomic E-state index is 5.70. The van der Waals surface area contributed by atoms with Gasteiger partial charge in [0.2, 0.25) is 0 Å². The van der Waals surface area contributed by atoms with Crippen molar-refractivity contribution in [1.82, 2.24) is 5.32 Å². The highest BCUT2D eigenvalue weighted by Gasteiger charge is 2.24. The minimum Gasteiger partial charge on any atom is -0.330 e. The van der Waals surface area contributed by atoms with E-state index in [0.717, 1.165) is 25.4 Å². The van der Waals surface area contributed by atoms with E-state index in [1.165, 1.54) is 19.3 Å². The molecular formula is C11H22N2. The van der Waals surface area contributed by atoms with Crippen LogP contribution in [-0.2, 0) is 0 Å². The van der Waals surface area contributed by atoms with Crippen LogP contribution in [0.5, 0.6) is 0 Å². The molecule has 0 aliphatic heterocycles. The Kier molecular flexibility index (Phi) is 5.09. The highest BCUT2D eigenvalue weighted by molar-refractivity contribution is 4.85. The Morgan fingerprint density at radius 2 is 2.31 bits per heavy atom. The van der Waals surface area contributed by atoms with Crippen molar-refractivity contribution < 1.29 is 0 Å². The third-order valence-electron chi connectivity index (χ3n) is 2.92. The van der Waals surface area contributed by atoms with Gasteiger partial charge in [0.25, 0.3) is 0 Å². The van der Waals surface area contributed by atoms with E-state index in [9.17, 15) is 0 Å². The summed E-state index contributed by atoms with van der Waals surface area (Å²) in [6, 6.07) is 0.690. The van der Waals surface area contributed by atoms with Gasteiger partial charge in [-0.2, -0.15) is 0 Å². The number of hydrogen-bond donors (Lipinski definition) is 2. The molecule has 0 saturated heterocycles. The van der Waals surface area contributed by atoms with Crippen LogP contribution in [0.15, 0.2) is 12.2 Å². The fourth-order valence-electron chi connectivity index (χ4n) is 2.11. The maximum absolute atomic E-state index is 5.70. The maximum Gasteiger partial charge on any atom is 0.0107 e. The zero-order valence-electron chi connectivity index (χ0n) is 8.63. The molecular weight excluding hydrogens is 160 g/mol. The highest BCUT2D eigenvalue weighted by atomic mass is 14.9. The monoisotopic (exact) mass is 182 g/mol.